The van der Waals surface area contributed by atoms with E-state index in [0.29, 0.717) is 5.92 Å². The van der Waals surface area contributed by atoms with Gasteiger partial charge in [-0.05, 0) is 35.7 Å². The standard InChI is InChI=1S/C13H10.C7H9N/c1-2-6-10(7-3-1)13-11-8-4-5-9-12(11)13;1-6-2-4-7(8)5-3-6/h1-9,13H;2-5H,8H2,1H3. The third kappa shape index (κ3) is 3.14. The number of aryl methyl sites for hydroxylation is 1. The molecule has 1 heteroatoms. The minimum Gasteiger partial charge on any atom is -0.399 e. The van der Waals surface area contributed by atoms with Gasteiger partial charge in [0.15, 0.2) is 0 Å². The summed E-state index contributed by atoms with van der Waals surface area (Å²) in [4.78, 5) is 0. The fourth-order valence-corrected chi connectivity index (χ4v) is 2.53. The molecule has 0 spiro atoms. The van der Waals surface area contributed by atoms with Gasteiger partial charge in [-0.1, -0.05) is 72.3 Å². The van der Waals surface area contributed by atoms with Gasteiger partial charge >= 0.3 is 0 Å². The smallest absolute Gasteiger partial charge is 0.0346 e. The molecule has 4 rings (SSSR count). The van der Waals surface area contributed by atoms with Gasteiger partial charge < -0.3 is 5.73 Å². The molecule has 0 fully saturated rings. The van der Waals surface area contributed by atoms with E-state index < -0.39 is 0 Å². The Labute approximate surface area is 126 Å². The molecule has 0 aromatic heterocycles. The largest absolute Gasteiger partial charge is 0.399 e. The Balaban J connectivity index is 0.000000143. The molecule has 0 bridgehead atoms. The number of hydrogen-bond acceptors (Lipinski definition) is 1. The molecule has 0 saturated carbocycles. The summed E-state index contributed by atoms with van der Waals surface area (Å²) in [5.41, 5.74) is 11.9. The Morgan fingerprint density at radius 2 is 1.19 bits per heavy atom. The van der Waals surface area contributed by atoms with E-state index >= 15 is 0 Å². The SMILES string of the molecule is Cc1ccc(N)cc1.c1ccc(C2c3ccccc32)cc1. The first-order chi connectivity index (χ1) is 10.3. The second-order valence-corrected chi connectivity index (χ2v) is 5.38. The summed E-state index contributed by atoms with van der Waals surface area (Å²) in [5, 5.41) is 0. The van der Waals surface area contributed by atoms with E-state index in [1.807, 2.05) is 31.2 Å². The summed E-state index contributed by atoms with van der Waals surface area (Å²) < 4.78 is 0. The third-order valence-electron chi connectivity index (χ3n) is 3.74. The number of nitrogen functional groups attached to an aromatic ring is 1. The van der Waals surface area contributed by atoms with Crippen molar-refractivity contribution in [1.29, 1.82) is 0 Å². The highest BCUT2D eigenvalue weighted by molar-refractivity contribution is 5.59. The van der Waals surface area contributed by atoms with Gasteiger partial charge in [-0.25, -0.2) is 0 Å². The Kier molecular flexibility index (Phi) is 3.74. The van der Waals surface area contributed by atoms with Gasteiger partial charge in [0.25, 0.3) is 0 Å². The monoisotopic (exact) mass is 273 g/mol. The fraction of sp³-hybridized carbons (Fsp3) is 0.100. The lowest BCUT2D eigenvalue weighted by atomic mass is 10.1. The molecule has 0 radical (unpaired) electrons. The Bertz CT molecular complexity index is 670. The van der Waals surface area contributed by atoms with Gasteiger partial charge in [0.1, 0.15) is 0 Å². The summed E-state index contributed by atoms with van der Waals surface area (Å²) >= 11 is 0. The molecule has 0 amide bonds. The van der Waals surface area contributed by atoms with Crippen molar-refractivity contribution in [3.8, 4) is 0 Å². The van der Waals surface area contributed by atoms with Crippen LogP contribution in [0.2, 0.25) is 0 Å². The van der Waals surface area contributed by atoms with Crippen molar-refractivity contribution in [2.45, 2.75) is 12.8 Å². The molecular weight excluding hydrogens is 254 g/mol. The molecule has 104 valence electrons. The average molecular weight is 273 g/mol. The summed E-state index contributed by atoms with van der Waals surface area (Å²) in [6, 6.07) is 27.1. The zero-order valence-corrected chi connectivity index (χ0v) is 12.2. The predicted molar refractivity (Wildman–Crippen MR) is 89.4 cm³/mol. The summed E-state index contributed by atoms with van der Waals surface area (Å²) in [5.74, 6) is 0.594. The maximum Gasteiger partial charge on any atom is 0.0346 e. The molecule has 3 aromatic rings. The van der Waals surface area contributed by atoms with E-state index in [-0.39, 0.29) is 0 Å². The van der Waals surface area contributed by atoms with E-state index in [4.69, 9.17) is 5.73 Å². The van der Waals surface area contributed by atoms with Crippen LogP contribution < -0.4 is 5.73 Å². The number of hydrogen-bond donors (Lipinski definition) is 1. The van der Waals surface area contributed by atoms with Gasteiger partial charge in [0.2, 0.25) is 0 Å². The van der Waals surface area contributed by atoms with Crippen LogP contribution in [0.3, 0.4) is 0 Å². The van der Waals surface area contributed by atoms with Crippen molar-refractivity contribution >= 4 is 5.69 Å². The Hall–Kier alpha value is -2.54. The van der Waals surface area contributed by atoms with Crippen LogP contribution >= 0.6 is 0 Å². The molecule has 0 aliphatic heterocycles. The van der Waals surface area contributed by atoms with Crippen LogP contribution in [0.15, 0.2) is 78.9 Å². The Morgan fingerprint density at radius 3 is 1.71 bits per heavy atom. The lowest BCUT2D eigenvalue weighted by molar-refractivity contribution is 1.21. The van der Waals surface area contributed by atoms with Gasteiger partial charge in [0, 0.05) is 11.6 Å². The molecule has 0 atom stereocenters. The molecule has 0 heterocycles. The second-order valence-electron chi connectivity index (χ2n) is 5.38. The summed E-state index contributed by atoms with van der Waals surface area (Å²) in [6.07, 6.45) is 0. The topological polar surface area (TPSA) is 26.0 Å². The molecule has 1 nitrogen and oxygen atoms in total. The van der Waals surface area contributed by atoms with Crippen molar-refractivity contribution in [2.75, 3.05) is 5.73 Å². The highest BCUT2D eigenvalue weighted by atomic mass is 14.5. The van der Waals surface area contributed by atoms with Crippen molar-refractivity contribution < 1.29 is 0 Å². The molecular formula is C20H19N. The zero-order chi connectivity index (χ0) is 14.7. The van der Waals surface area contributed by atoms with Crippen LogP contribution in [-0.4, -0.2) is 0 Å². The first-order valence-electron chi connectivity index (χ1n) is 7.21. The van der Waals surface area contributed by atoms with Gasteiger partial charge in [-0.3, -0.25) is 0 Å². The fourth-order valence-electron chi connectivity index (χ4n) is 2.53. The van der Waals surface area contributed by atoms with Gasteiger partial charge in [-0.15, -0.1) is 0 Å². The second kappa shape index (κ2) is 5.84. The number of fused-ring (bicyclic) bond motifs is 1. The number of benzene rings is 3. The van der Waals surface area contributed by atoms with Crippen LogP contribution in [0.1, 0.15) is 28.2 Å². The normalized spacial score (nSPS) is 12.0. The quantitative estimate of drug-likeness (QED) is 0.497. The summed E-state index contributed by atoms with van der Waals surface area (Å²) in [7, 11) is 0. The highest BCUT2D eigenvalue weighted by Crippen LogP contribution is 2.47. The lowest BCUT2D eigenvalue weighted by Gasteiger charge is -1.94. The zero-order valence-electron chi connectivity index (χ0n) is 12.2. The van der Waals surface area contributed by atoms with Crippen LogP contribution in [0.5, 0.6) is 0 Å². The maximum absolute atomic E-state index is 5.43. The van der Waals surface area contributed by atoms with Gasteiger partial charge in [-0.2, -0.15) is 0 Å². The van der Waals surface area contributed by atoms with E-state index in [1.165, 1.54) is 22.3 Å². The van der Waals surface area contributed by atoms with Crippen molar-refractivity contribution in [3.63, 3.8) is 0 Å². The van der Waals surface area contributed by atoms with Crippen molar-refractivity contribution in [3.05, 3.63) is 101 Å². The van der Waals surface area contributed by atoms with Crippen LogP contribution in [0, 0.1) is 6.92 Å². The molecule has 21 heavy (non-hydrogen) atoms. The van der Waals surface area contributed by atoms with Crippen LogP contribution in [0.4, 0.5) is 5.69 Å². The van der Waals surface area contributed by atoms with E-state index in [0.717, 1.165) is 5.69 Å². The molecule has 0 saturated heterocycles. The first-order valence-corrected chi connectivity index (χ1v) is 7.21. The molecule has 1 aliphatic rings. The average Bonchev–Trinajstić information content (AvgIpc) is 3.26. The Morgan fingerprint density at radius 1 is 0.667 bits per heavy atom. The predicted octanol–water partition coefficient (Wildman–Crippen LogP) is 4.76. The molecule has 3 aromatic carbocycles. The number of anilines is 1. The van der Waals surface area contributed by atoms with Crippen LogP contribution in [0.25, 0.3) is 0 Å². The lowest BCUT2D eigenvalue weighted by Crippen LogP contribution is -1.81. The molecule has 1 aliphatic carbocycles. The molecule has 2 N–H and O–H groups in total. The van der Waals surface area contributed by atoms with E-state index in [9.17, 15) is 0 Å². The third-order valence-corrected chi connectivity index (χ3v) is 3.74. The maximum atomic E-state index is 5.43. The van der Waals surface area contributed by atoms with Crippen molar-refractivity contribution in [1.82, 2.24) is 0 Å². The summed E-state index contributed by atoms with van der Waals surface area (Å²) in [6.45, 7) is 2.04. The van der Waals surface area contributed by atoms with Crippen molar-refractivity contribution in [2.24, 2.45) is 0 Å². The van der Waals surface area contributed by atoms with E-state index in [1.54, 1.807) is 0 Å². The van der Waals surface area contributed by atoms with Crippen LogP contribution in [-0.2, 0) is 0 Å². The highest BCUT2D eigenvalue weighted by Gasteiger charge is 2.32. The first kappa shape index (κ1) is 13.4. The number of rotatable bonds is 1. The van der Waals surface area contributed by atoms with Gasteiger partial charge in [0.05, 0.1) is 0 Å². The van der Waals surface area contributed by atoms with E-state index in [2.05, 4.69) is 54.6 Å². The number of nitrogens with two attached hydrogens (primary N) is 1. The molecule has 0 unspecified atom stereocenters. The minimum atomic E-state index is 0.594. The minimum absolute atomic E-state index is 0.594.